The number of hydrogen-bond donors (Lipinski definition) is 2. The van der Waals surface area contributed by atoms with Gasteiger partial charge in [0.05, 0.1) is 12.8 Å². The van der Waals surface area contributed by atoms with E-state index < -0.39 is 0 Å². The van der Waals surface area contributed by atoms with E-state index in [1.54, 1.807) is 18.4 Å². The molecular weight excluding hydrogens is 312 g/mol. The second-order valence-corrected chi connectivity index (χ2v) is 6.07. The smallest absolute Gasteiger partial charge is 0.274 e. The number of thiophene rings is 1. The number of aromatic amines is 1. The molecule has 0 aliphatic rings. The first kappa shape index (κ1) is 15.2. The Morgan fingerprint density at radius 1 is 1.30 bits per heavy atom. The topological polar surface area (TPSA) is 79.9 Å². The van der Waals surface area contributed by atoms with E-state index in [1.807, 2.05) is 42.6 Å². The van der Waals surface area contributed by atoms with E-state index in [1.165, 1.54) is 0 Å². The maximum atomic E-state index is 12.2. The number of nitrogens with zero attached hydrogens (tertiary/aromatic N) is 2. The van der Waals surface area contributed by atoms with Gasteiger partial charge in [-0.1, -0.05) is 12.1 Å². The van der Waals surface area contributed by atoms with Crippen LogP contribution in [0.1, 0.15) is 16.1 Å². The fourth-order valence-corrected chi connectivity index (χ4v) is 2.87. The minimum absolute atomic E-state index is 0.248. The molecule has 0 radical (unpaired) electrons. The number of ether oxygens (including phenoxy) is 1. The Labute approximate surface area is 137 Å². The summed E-state index contributed by atoms with van der Waals surface area (Å²) in [4.78, 5) is 15.9. The number of benzene rings is 1. The van der Waals surface area contributed by atoms with E-state index in [4.69, 9.17) is 4.74 Å². The van der Waals surface area contributed by atoms with Crippen molar-refractivity contribution < 1.29 is 4.74 Å². The number of aryl methyl sites for hydroxylation is 1. The van der Waals surface area contributed by atoms with Gasteiger partial charge in [0, 0.05) is 11.3 Å². The zero-order valence-electron chi connectivity index (χ0n) is 12.8. The number of anilines is 2. The summed E-state index contributed by atoms with van der Waals surface area (Å²) in [5.74, 6) is 0.953. The molecule has 23 heavy (non-hydrogen) atoms. The first-order chi connectivity index (χ1) is 11.2. The molecule has 7 heteroatoms. The van der Waals surface area contributed by atoms with Gasteiger partial charge in [-0.2, -0.15) is 0 Å². The highest BCUT2D eigenvalue weighted by Crippen LogP contribution is 2.26. The molecule has 0 fully saturated rings. The van der Waals surface area contributed by atoms with Crippen molar-refractivity contribution in [2.24, 2.45) is 0 Å². The Morgan fingerprint density at radius 3 is 2.87 bits per heavy atom. The molecular formula is C16H16N4O2S. The Morgan fingerprint density at radius 2 is 2.17 bits per heavy atom. The third-order valence-electron chi connectivity index (χ3n) is 3.29. The number of H-pyrrole nitrogens is 1. The molecule has 3 rings (SSSR count). The molecule has 1 aromatic carbocycles. The van der Waals surface area contributed by atoms with Crippen LogP contribution in [0.25, 0.3) is 0 Å². The first-order valence-corrected chi connectivity index (χ1v) is 7.93. The molecule has 2 heterocycles. The molecule has 0 saturated carbocycles. The van der Waals surface area contributed by atoms with Crippen LogP contribution >= 0.6 is 11.3 Å². The van der Waals surface area contributed by atoms with Gasteiger partial charge in [-0.25, -0.2) is 0 Å². The summed E-state index contributed by atoms with van der Waals surface area (Å²) in [6, 6.07) is 9.63. The highest BCUT2D eigenvalue weighted by atomic mass is 32.1. The number of methoxy groups -OCH3 is 1. The molecule has 0 saturated heterocycles. The van der Waals surface area contributed by atoms with Crippen molar-refractivity contribution in [2.75, 3.05) is 12.4 Å². The summed E-state index contributed by atoms with van der Waals surface area (Å²) in [5, 5.41) is 13.1. The van der Waals surface area contributed by atoms with Crippen molar-refractivity contribution >= 4 is 23.0 Å². The number of rotatable bonds is 5. The van der Waals surface area contributed by atoms with Crippen molar-refractivity contribution in [1.29, 1.82) is 0 Å². The molecule has 0 aliphatic carbocycles. The molecule has 118 valence electrons. The lowest BCUT2D eigenvalue weighted by atomic mass is 10.2. The molecule has 2 aromatic heterocycles. The van der Waals surface area contributed by atoms with Crippen molar-refractivity contribution in [1.82, 2.24) is 15.2 Å². The van der Waals surface area contributed by atoms with Crippen LogP contribution in [-0.2, 0) is 6.42 Å². The lowest BCUT2D eigenvalue weighted by Crippen LogP contribution is -2.18. The van der Waals surface area contributed by atoms with Gasteiger partial charge in [0.15, 0.2) is 0 Å². The highest BCUT2D eigenvalue weighted by molar-refractivity contribution is 7.09. The van der Waals surface area contributed by atoms with Gasteiger partial charge in [0.25, 0.3) is 5.56 Å². The van der Waals surface area contributed by atoms with Crippen LogP contribution < -0.4 is 15.6 Å². The van der Waals surface area contributed by atoms with Gasteiger partial charge in [-0.15, -0.1) is 21.5 Å². The predicted octanol–water partition coefficient (Wildman–Crippen LogP) is 2.88. The Bertz CT molecular complexity index is 859. The minimum Gasteiger partial charge on any atom is -0.495 e. The van der Waals surface area contributed by atoms with Crippen LogP contribution in [0.5, 0.6) is 5.75 Å². The molecule has 0 aliphatic heterocycles. The van der Waals surface area contributed by atoms with E-state index in [2.05, 4.69) is 20.5 Å². The standard InChI is InChI=1S/C16H16N4O2S/c1-10-5-6-14(22-2)12(8-10)17-16-18-15(21)13(19-20-16)9-11-4-3-7-23-11/h3-8H,9H2,1-2H3,(H2,17,18,20,21). The number of aromatic nitrogens is 3. The summed E-state index contributed by atoms with van der Waals surface area (Å²) < 4.78 is 5.30. The van der Waals surface area contributed by atoms with Gasteiger partial charge >= 0.3 is 0 Å². The average molecular weight is 328 g/mol. The number of nitrogens with one attached hydrogen (secondary N) is 2. The van der Waals surface area contributed by atoms with Crippen LogP contribution in [0.4, 0.5) is 11.6 Å². The molecule has 0 amide bonds. The lowest BCUT2D eigenvalue weighted by molar-refractivity contribution is 0.416. The molecule has 6 nitrogen and oxygen atoms in total. The normalized spacial score (nSPS) is 10.5. The monoisotopic (exact) mass is 328 g/mol. The average Bonchev–Trinajstić information content (AvgIpc) is 3.03. The van der Waals surface area contributed by atoms with Crippen molar-refractivity contribution in [2.45, 2.75) is 13.3 Å². The van der Waals surface area contributed by atoms with Gasteiger partial charge in [-0.05, 0) is 36.1 Å². The van der Waals surface area contributed by atoms with Gasteiger partial charge in [-0.3, -0.25) is 9.78 Å². The summed E-state index contributed by atoms with van der Waals surface area (Å²) in [5.41, 5.74) is 1.94. The fourth-order valence-electron chi connectivity index (χ4n) is 2.16. The van der Waals surface area contributed by atoms with Crippen molar-refractivity contribution in [3.63, 3.8) is 0 Å². The van der Waals surface area contributed by atoms with E-state index in [0.717, 1.165) is 16.1 Å². The van der Waals surface area contributed by atoms with Crippen LogP contribution in [0.15, 0.2) is 40.5 Å². The maximum absolute atomic E-state index is 12.2. The van der Waals surface area contributed by atoms with Gasteiger partial charge in [0.1, 0.15) is 11.4 Å². The summed E-state index contributed by atoms with van der Waals surface area (Å²) >= 11 is 1.59. The van der Waals surface area contributed by atoms with E-state index in [-0.39, 0.29) is 11.5 Å². The SMILES string of the molecule is COc1ccc(C)cc1Nc1nnc(Cc2cccs2)c(=O)[nH]1. The predicted molar refractivity (Wildman–Crippen MR) is 90.8 cm³/mol. The quantitative estimate of drug-likeness (QED) is 0.753. The summed E-state index contributed by atoms with van der Waals surface area (Å²) in [7, 11) is 1.59. The van der Waals surface area contributed by atoms with Crippen LogP contribution in [0.3, 0.4) is 0 Å². The largest absolute Gasteiger partial charge is 0.495 e. The maximum Gasteiger partial charge on any atom is 0.274 e. The third kappa shape index (κ3) is 3.57. The van der Waals surface area contributed by atoms with E-state index >= 15 is 0 Å². The van der Waals surface area contributed by atoms with E-state index in [9.17, 15) is 4.79 Å². The van der Waals surface area contributed by atoms with Crippen LogP contribution in [0.2, 0.25) is 0 Å². The first-order valence-electron chi connectivity index (χ1n) is 7.05. The van der Waals surface area contributed by atoms with Gasteiger partial charge < -0.3 is 10.1 Å². The van der Waals surface area contributed by atoms with Crippen molar-refractivity contribution in [3.8, 4) is 5.75 Å². The molecule has 2 N–H and O–H groups in total. The third-order valence-corrected chi connectivity index (χ3v) is 4.17. The zero-order chi connectivity index (χ0) is 16.2. The second-order valence-electron chi connectivity index (χ2n) is 5.03. The molecule has 0 spiro atoms. The van der Waals surface area contributed by atoms with Gasteiger partial charge in [0.2, 0.25) is 5.95 Å². The molecule has 0 unspecified atom stereocenters. The molecule has 0 bridgehead atoms. The summed E-state index contributed by atoms with van der Waals surface area (Å²) in [6.45, 7) is 1.98. The summed E-state index contributed by atoms with van der Waals surface area (Å²) in [6.07, 6.45) is 0.480. The Balaban J connectivity index is 1.83. The van der Waals surface area contributed by atoms with E-state index in [0.29, 0.717) is 17.9 Å². The Hall–Kier alpha value is -2.67. The molecule has 0 atom stereocenters. The highest BCUT2D eigenvalue weighted by Gasteiger charge is 2.09. The van der Waals surface area contributed by atoms with Crippen molar-refractivity contribution in [3.05, 3.63) is 62.2 Å². The van der Waals surface area contributed by atoms with Crippen LogP contribution in [0, 0.1) is 6.92 Å². The second kappa shape index (κ2) is 6.62. The minimum atomic E-state index is -0.248. The van der Waals surface area contributed by atoms with Crippen LogP contribution in [-0.4, -0.2) is 22.3 Å². The number of hydrogen-bond acceptors (Lipinski definition) is 6. The Kier molecular flexibility index (Phi) is 4.38. The lowest BCUT2D eigenvalue weighted by Gasteiger charge is -2.10. The molecule has 3 aromatic rings. The fraction of sp³-hybridized carbons (Fsp3) is 0.188. The zero-order valence-corrected chi connectivity index (χ0v) is 13.6.